The highest BCUT2D eigenvalue weighted by atomic mass is 19.4. The number of nitrogen functional groups attached to an aromatic ring is 1. The van der Waals surface area contributed by atoms with Crippen molar-refractivity contribution in [3.8, 4) is 11.6 Å². The molecule has 6 nitrogen and oxygen atoms in total. The van der Waals surface area contributed by atoms with Gasteiger partial charge in [0.1, 0.15) is 5.75 Å². The van der Waals surface area contributed by atoms with Gasteiger partial charge >= 0.3 is 6.36 Å². The summed E-state index contributed by atoms with van der Waals surface area (Å²) in [5.74, 6) is 4.38. The number of halogens is 3. The molecule has 0 saturated heterocycles. The van der Waals surface area contributed by atoms with E-state index in [1.165, 1.54) is 24.3 Å². The molecular formula is C18H16F3N3O3. The molecule has 0 spiro atoms. The van der Waals surface area contributed by atoms with Crippen LogP contribution in [0, 0.1) is 6.92 Å². The van der Waals surface area contributed by atoms with E-state index in [-0.39, 0.29) is 18.2 Å². The van der Waals surface area contributed by atoms with Crippen molar-refractivity contribution in [1.82, 2.24) is 9.99 Å². The highest BCUT2D eigenvalue weighted by Gasteiger charge is 2.30. The van der Waals surface area contributed by atoms with E-state index < -0.39 is 12.3 Å². The molecule has 0 atom stereocenters. The van der Waals surface area contributed by atoms with Gasteiger partial charge in [0.05, 0.1) is 6.54 Å². The van der Waals surface area contributed by atoms with Crippen molar-refractivity contribution in [3.05, 3.63) is 59.3 Å². The average molecular weight is 379 g/mol. The Morgan fingerprint density at radius 3 is 2.52 bits per heavy atom. The number of hydrogen-bond donors (Lipinski definition) is 3. The summed E-state index contributed by atoms with van der Waals surface area (Å²) in [5, 5.41) is 11.7. The number of carbonyl (C=O) groups is 1. The molecule has 4 N–H and O–H groups in total. The van der Waals surface area contributed by atoms with Gasteiger partial charge in [-0.25, -0.2) is 5.84 Å². The van der Waals surface area contributed by atoms with Gasteiger partial charge in [-0.2, -0.15) is 0 Å². The Bertz CT molecular complexity index is 995. The molecule has 0 aliphatic rings. The zero-order valence-electron chi connectivity index (χ0n) is 14.2. The molecule has 9 heteroatoms. The Hall–Kier alpha value is -3.20. The van der Waals surface area contributed by atoms with Crippen molar-refractivity contribution in [2.24, 2.45) is 5.84 Å². The van der Waals surface area contributed by atoms with Crippen LogP contribution >= 0.6 is 0 Å². The van der Waals surface area contributed by atoms with Crippen molar-refractivity contribution in [3.63, 3.8) is 0 Å². The molecule has 3 aromatic rings. The predicted octanol–water partition coefficient (Wildman–Crippen LogP) is 3.21. The van der Waals surface area contributed by atoms with Gasteiger partial charge in [0.15, 0.2) is 5.88 Å². The lowest BCUT2D eigenvalue weighted by atomic mass is 10.1. The smallest absolute Gasteiger partial charge is 0.494 e. The molecular weight excluding hydrogens is 363 g/mol. The number of hydrazine groups is 1. The van der Waals surface area contributed by atoms with Gasteiger partial charge in [0.25, 0.3) is 5.91 Å². The van der Waals surface area contributed by atoms with Gasteiger partial charge < -0.3 is 14.4 Å². The number of nitrogens with zero attached hydrogens (tertiary/aromatic N) is 1. The number of nitrogens with two attached hydrogens (primary N) is 1. The van der Waals surface area contributed by atoms with Crippen LogP contribution in [0.15, 0.2) is 42.6 Å². The Morgan fingerprint density at radius 2 is 1.93 bits per heavy atom. The molecule has 0 aliphatic carbocycles. The lowest BCUT2D eigenvalue weighted by Gasteiger charge is -2.10. The number of ether oxygens (including phenoxy) is 1. The monoisotopic (exact) mass is 379 g/mol. The molecule has 1 amide bonds. The van der Waals surface area contributed by atoms with E-state index in [4.69, 9.17) is 5.84 Å². The highest BCUT2D eigenvalue weighted by molar-refractivity contribution is 6.01. The van der Waals surface area contributed by atoms with Crippen molar-refractivity contribution in [1.29, 1.82) is 0 Å². The number of amides is 1. The summed E-state index contributed by atoms with van der Waals surface area (Å²) in [6.07, 6.45) is -3.09. The second-order valence-corrected chi connectivity index (χ2v) is 6.00. The summed E-state index contributed by atoms with van der Waals surface area (Å²) >= 11 is 0. The van der Waals surface area contributed by atoms with Crippen molar-refractivity contribution in [2.45, 2.75) is 19.8 Å². The molecule has 27 heavy (non-hydrogen) atoms. The fourth-order valence-corrected chi connectivity index (χ4v) is 2.92. The summed E-state index contributed by atoms with van der Waals surface area (Å²) < 4.78 is 42.0. The second-order valence-electron chi connectivity index (χ2n) is 6.00. The van der Waals surface area contributed by atoms with E-state index in [1.54, 1.807) is 29.8 Å². The minimum Gasteiger partial charge on any atom is -0.494 e. The van der Waals surface area contributed by atoms with Crippen LogP contribution in [0.2, 0.25) is 0 Å². The number of benzene rings is 2. The normalized spacial score (nSPS) is 11.6. The minimum absolute atomic E-state index is 0.00201. The number of rotatable bonds is 4. The predicted molar refractivity (Wildman–Crippen MR) is 92.2 cm³/mol. The number of fused-ring (bicyclic) bond motifs is 1. The molecule has 0 aliphatic heterocycles. The molecule has 0 fully saturated rings. The van der Waals surface area contributed by atoms with E-state index in [0.29, 0.717) is 27.5 Å². The summed E-state index contributed by atoms with van der Waals surface area (Å²) in [5.41, 5.74) is 3.77. The molecule has 1 aromatic heterocycles. The molecule has 0 saturated carbocycles. The number of alkyl halides is 3. The van der Waals surface area contributed by atoms with Crippen LogP contribution in [0.25, 0.3) is 10.8 Å². The Kier molecular flexibility index (Phi) is 4.71. The molecule has 0 bridgehead atoms. The number of nitrogens with one attached hydrogen (secondary N) is 1. The molecule has 3 rings (SSSR count). The van der Waals surface area contributed by atoms with Crippen LogP contribution < -0.4 is 16.0 Å². The van der Waals surface area contributed by atoms with E-state index in [0.717, 1.165) is 0 Å². The first kappa shape index (κ1) is 18.6. The zero-order chi connectivity index (χ0) is 19.8. The molecule has 142 valence electrons. The Morgan fingerprint density at radius 1 is 1.26 bits per heavy atom. The van der Waals surface area contributed by atoms with Crippen LogP contribution in [0.3, 0.4) is 0 Å². The molecule has 0 radical (unpaired) electrons. The van der Waals surface area contributed by atoms with Crippen LogP contribution in [-0.4, -0.2) is 21.9 Å². The summed E-state index contributed by atoms with van der Waals surface area (Å²) in [7, 11) is 0. The maximum absolute atomic E-state index is 12.2. The zero-order valence-corrected chi connectivity index (χ0v) is 14.2. The number of aromatic nitrogens is 1. The van der Waals surface area contributed by atoms with Crippen molar-refractivity contribution < 1.29 is 27.8 Å². The van der Waals surface area contributed by atoms with Crippen LogP contribution in [0.4, 0.5) is 13.2 Å². The number of hydrogen-bond acceptors (Lipinski definition) is 4. The summed E-state index contributed by atoms with van der Waals surface area (Å²) in [4.78, 5) is 11.7. The third-order valence-electron chi connectivity index (χ3n) is 4.06. The standard InChI is InChI=1S/C18H16F3N3O3/c1-10-6-12(16(25)23-22)7-13-9-24(17(26)15(10)13)8-11-2-4-14(5-3-11)27-18(19,20)21/h2-7,9,26H,8,22H2,1H3,(H,23,25). The fourth-order valence-electron chi connectivity index (χ4n) is 2.92. The highest BCUT2D eigenvalue weighted by Crippen LogP contribution is 2.32. The first-order chi connectivity index (χ1) is 12.7. The van der Waals surface area contributed by atoms with Gasteiger partial charge in [-0.1, -0.05) is 12.1 Å². The van der Waals surface area contributed by atoms with Crippen LogP contribution in [0.5, 0.6) is 11.6 Å². The first-order valence-electron chi connectivity index (χ1n) is 7.86. The number of aryl methyl sites for hydroxylation is 1. The summed E-state index contributed by atoms with van der Waals surface area (Å²) in [6, 6.07) is 8.57. The van der Waals surface area contributed by atoms with Crippen LogP contribution in [0.1, 0.15) is 21.5 Å². The lowest BCUT2D eigenvalue weighted by molar-refractivity contribution is -0.274. The van der Waals surface area contributed by atoms with E-state index in [2.05, 4.69) is 10.2 Å². The Balaban J connectivity index is 1.90. The quantitative estimate of drug-likeness (QED) is 0.369. The average Bonchev–Trinajstić information content (AvgIpc) is 2.90. The van der Waals surface area contributed by atoms with Gasteiger partial charge in [-0.05, 0) is 42.3 Å². The van der Waals surface area contributed by atoms with Gasteiger partial charge in [-0.3, -0.25) is 10.2 Å². The van der Waals surface area contributed by atoms with E-state index >= 15 is 0 Å². The van der Waals surface area contributed by atoms with E-state index in [1.807, 2.05) is 0 Å². The largest absolute Gasteiger partial charge is 0.573 e. The van der Waals surface area contributed by atoms with Crippen molar-refractivity contribution in [2.75, 3.05) is 0 Å². The SMILES string of the molecule is Cc1cc(C(=O)NN)cc2cn(Cc3ccc(OC(F)(F)F)cc3)c(O)c12. The topological polar surface area (TPSA) is 89.5 Å². The third kappa shape index (κ3) is 3.98. The maximum atomic E-state index is 12.2. The lowest BCUT2D eigenvalue weighted by Crippen LogP contribution is -2.29. The second kappa shape index (κ2) is 6.84. The molecule has 0 unspecified atom stereocenters. The van der Waals surface area contributed by atoms with E-state index in [9.17, 15) is 23.1 Å². The van der Waals surface area contributed by atoms with Gasteiger partial charge in [0, 0.05) is 22.5 Å². The number of aromatic hydroxyl groups is 1. The van der Waals surface area contributed by atoms with Gasteiger partial charge in [-0.15, -0.1) is 13.2 Å². The first-order valence-corrected chi connectivity index (χ1v) is 7.86. The summed E-state index contributed by atoms with van der Waals surface area (Å²) in [6.45, 7) is 1.98. The van der Waals surface area contributed by atoms with Crippen LogP contribution in [-0.2, 0) is 6.54 Å². The van der Waals surface area contributed by atoms with Crippen molar-refractivity contribution >= 4 is 16.7 Å². The Labute approximate surface area is 151 Å². The number of carbonyl (C=O) groups excluding carboxylic acids is 1. The maximum Gasteiger partial charge on any atom is 0.573 e. The van der Waals surface area contributed by atoms with Gasteiger partial charge in [0.2, 0.25) is 0 Å². The minimum atomic E-state index is -4.75. The fraction of sp³-hybridized carbons (Fsp3) is 0.167. The molecule has 1 heterocycles. The third-order valence-corrected chi connectivity index (χ3v) is 4.06. The molecule has 2 aromatic carbocycles.